The third kappa shape index (κ3) is 2.40. The highest BCUT2D eigenvalue weighted by Crippen LogP contribution is 2.30. The van der Waals surface area contributed by atoms with Gasteiger partial charge in [-0.2, -0.15) is 4.39 Å². The molecule has 0 aliphatic carbocycles. The Bertz CT molecular complexity index is 408. The summed E-state index contributed by atoms with van der Waals surface area (Å²) < 4.78 is 18.1. The van der Waals surface area contributed by atoms with Crippen LogP contribution in [0.4, 0.5) is 4.39 Å². The van der Waals surface area contributed by atoms with E-state index in [0.29, 0.717) is 5.56 Å². The van der Waals surface area contributed by atoms with Gasteiger partial charge in [-0.3, -0.25) is 4.79 Å². The molecule has 0 spiro atoms. The smallest absolute Gasteiger partial charge is 0.320 e. The number of halogens is 1. The average Bonchev–Trinajstić information content (AvgIpc) is 2.23. The van der Waals surface area contributed by atoms with Crippen LogP contribution in [0.2, 0.25) is 0 Å². The molecule has 1 unspecified atom stereocenters. The van der Waals surface area contributed by atoms with E-state index in [0.717, 1.165) is 6.07 Å². The summed E-state index contributed by atoms with van der Waals surface area (Å²) >= 11 is 0. The fourth-order valence-electron chi connectivity index (χ4n) is 1.29. The van der Waals surface area contributed by atoms with Crippen molar-refractivity contribution in [3.8, 4) is 11.5 Å². The van der Waals surface area contributed by atoms with E-state index < -0.39 is 23.6 Å². The molecule has 6 heteroatoms. The van der Waals surface area contributed by atoms with Gasteiger partial charge in [0.2, 0.25) is 5.82 Å². The second kappa shape index (κ2) is 4.80. The van der Waals surface area contributed by atoms with Crippen molar-refractivity contribution < 1.29 is 24.1 Å². The minimum atomic E-state index is -1.18. The van der Waals surface area contributed by atoms with E-state index in [4.69, 9.17) is 20.7 Å². The normalized spacial score (nSPS) is 12.2. The number of hydrogen-bond acceptors (Lipinski definition) is 4. The van der Waals surface area contributed by atoms with E-state index in [9.17, 15) is 9.18 Å². The highest BCUT2D eigenvalue weighted by Gasteiger charge is 2.19. The van der Waals surface area contributed by atoms with Crippen molar-refractivity contribution in [3.63, 3.8) is 0 Å². The lowest BCUT2D eigenvalue weighted by atomic mass is 10.0. The summed E-state index contributed by atoms with van der Waals surface area (Å²) in [5.74, 6) is -2.84. The molecule has 0 aliphatic heterocycles. The summed E-state index contributed by atoms with van der Waals surface area (Å²) in [5.41, 5.74) is 5.62. The van der Waals surface area contributed by atoms with Gasteiger partial charge in [-0.1, -0.05) is 6.07 Å². The zero-order chi connectivity index (χ0) is 12.3. The van der Waals surface area contributed by atoms with Gasteiger partial charge in [0, 0.05) is 6.42 Å². The van der Waals surface area contributed by atoms with Gasteiger partial charge in [0.1, 0.15) is 6.04 Å². The third-order valence-corrected chi connectivity index (χ3v) is 2.12. The summed E-state index contributed by atoms with van der Waals surface area (Å²) in [7, 11) is 1.23. The Morgan fingerprint density at radius 2 is 2.25 bits per heavy atom. The highest BCUT2D eigenvalue weighted by atomic mass is 19.1. The monoisotopic (exact) mass is 229 g/mol. The Balaban J connectivity index is 3.05. The van der Waals surface area contributed by atoms with Gasteiger partial charge in [-0.25, -0.2) is 0 Å². The molecule has 0 saturated carbocycles. The van der Waals surface area contributed by atoms with E-state index >= 15 is 0 Å². The molecule has 16 heavy (non-hydrogen) atoms. The third-order valence-electron chi connectivity index (χ3n) is 2.12. The number of nitrogens with two attached hydrogens (primary N) is 1. The van der Waals surface area contributed by atoms with Gasteiger partial charge in [-0.15, -0.1) is 0 Å². The predicted molar refractivity (Wildman–Crippen MR) is 53.9 cm³/mol. The first-order valence-electron chi connectivity index (χ1n) is 4.50. The first-order chi connectivity index (χ1) is 7.47. The summed E-state index contributed by atoms with van der Waals surface area (Å²) in [6.45, 7) is 0. The molecule has 0 saturated heterocycles. The van der Waals surface area contributed by atoms with Gasteiger partial charge in [-0.05, 0) is 11.6 Å². The van der Waals surface area contributed by atoms with Gasteiger partial charge in [0.05, 0.1) is 7.11 Å². The first kappa shape index (κ1) is 12.3. The van der Waals surface area contributed by atoms with Crippen LogP contribution in [0.5, 0.6) is 11.5 Å². The number of carboxylic acids is 1. The van der Waals surface area contributed by atoms with Crippen LogP contribution in [0.1, 0.15) is 5.56 Å². The average molecular weight is 229 g/mol. The predicted octanol–water partition coefficient (Wildman–Crippen LogP) is 0.494. The van der Waals surface area contributed by atoms with Crippen LogP contribution in [-0.4, -0.2) is 29.3 Å². The molecule has 4 N–H and O–H groups in total. The molecule has 1 aromatic carbocycles. The van der Waals surface area contributed by atoms with Crippen LogP contribution >= 0.6 is 0 Å². The second-order valence-corrected chi connectivity index (χ2v) is 3.24. The summed E-state index contributed by atoms with van der Waals surface area (Å²) in [4.78, 5) is 10.5. The molecule has 1 atom stereocenters. The Morgan fingerprint density at radius 3 is 2.75 bits per heavy atom. The maximum atomic E-state index is 13.4. The van der Waals surface area contributed by atoms with Crippen LogP contribution < -0.4 is 10.5 Å². The van der Waals surface area contributed by atoms with Gasteiger partial charge in [0.15, 0.2) is 11.5 Å². The molecule has 0 aliphatic rings. The van der Waals surface area contributed by atoms with Gasteiger partial charge in [0.25, 0.3) is 0 Å². The molecule has 0 radical (unpaired) electrons. The van der Waals surface area contributed by atoms with E-state index in [1.807, 2.05) is 0 Å². The maximum absolute atomic E-state index is 13.4. The van der Waals surface area contributed by atoms with Gasteiger partial charge >= 0.3 is 5.97 Å². The van der Waals surface area contributed by atoms with Crippen molar-refractivity contribution in [2.45, 2.75) is 12.5 Å². The number of aliphatic carboxylic acids is 1. The number of phenols is 1. The lowest BCUT2D eigenvalue weighted by Gasteiger charge is -2.12. The van der Waals surface area contributed by atoms with E-state index in [-0.39, 0.29) is 12.2 Å². The Labute approximate surface area is 91.3 Å². The topological polar surface area (TPSA) is 92.8 Å². The number of rotatable bonds is 4. The molecule has 5 nitrogen and oxygen atoms in total. The summed E-state index contributed by atoms with van der Waals surface area (Å²) in [5, 5.41) is 17.7. The second-order valence-electron chi connectivity index (χ2n) is 3.24. The number of hydrogen-bond donors (Lipinski definition) is 3. The fraction of sp³-hybridized carbons (Fsp3) is 0.300. The van der Waals surface area contributed by atoms with Crippen LogP contribution in [0.15, 0.2) is 12.1 Å². The van der Waals surface area contributed by atoms with Crippen molar-refractivity contribution in [2.75, 3.05) is 7.11 Å². The number of aromatic hydroxyl groups is 1. The van der Waals surface area contributed by atoms with Gasteiger partial charge < -0.3 is 20.7 Å². The number of ether oxygens (including phenoxy) is 1. The molecule has 88 valence electrons. The molecule has 1 rings (SSSR count). The van der Waals surface area contributed by atoms with Crippen LogP contribution in [0.3, 0.4) is 0 Å². The zero-order valence-corrected chi connectivity index (χ0v) is 8.61. The number of phenolic OH excluding ortho intramolecular Hbond substituents is 1. The molecule has 0 heterocycles. The van der Waals surface area contributed by atoms with Crippen LogP contribution in [0.25, 0.3) is 0 Å². The van der Waals surface area contributed by atoms with Crippen molar-refractivity contribution >= 4 is 5.97 Å². The Kier molecular flexibility index (Phi) is 3.68. The lowest BCUT2D eigenvalue weighted by Crippen LogP contribution is -2.32. The highest BCUT2D eigenvalue weighted by molar-refractivity contribution is 5.73. The quantitative estimate of drug-likeness (QED) is 0.698. The minimum Gasteiger partial charge on any atom is -0.505 e. The largest absolute Gasteiger partial charge is 0.505 e. The van der Waals surface area contributed by atoms with Crippen molar-refractivity contribution in [1.29, 1.82) is 0 Å². The number of carbonyl (C=O) groups is 1. The standard InChI is InChI=1S/C10H12FNO4/c1-16-9-5(4-6(12)10(14)15)2-3-7(13)8(9)11/h2-3,6,13H,4,12H2,1H3,(H,14,15). The molecule has 1 aromatic rings. The number of methoxy groups -OCH3 is 1. The maximum Gasteiger partial charge on any atom is 0.320 e. The van der Waals surface area contributed by atoms with Crippen LogP contribution in [0, 0.1) is 5.82 Å². The lowest BCUT2D eigenvalue weighted by molar-refractivity contribution is -0.138. The Morgan fingerprint density at radius 1 is 1.62 bits per heavy atom. The first-order valence-corrected chi connectivity index (χ1v) is 4.50. The van der Waals surface area contributed by atoms with E-state index in [2.05, 4.69) is 0 Å². The molecule has 0 amide bonds. The summed E-state index contributed by atoms with van der Waals surface area (Å²) in [6.07, 6.45) is -0.0737. The van der Waals surface area contributed by atoms with Crippen molar-refractivity contribution in [1.82, 2.24) is 0 Å². The van der Waals surface area contributed by atoms with E-state index in [1.54, 1.807) is 0 Å². The number of benzene rings is 1. The minimum absolute atomic E-state index is 0.0737. The molecule has 0 fully saturated rings. The molecular weight excluding hydrogens is 217 g/mol. The van der Waals surface area contributed by atoms with E-state index in [1.165, 1.54) is 13.2 Å². The summed E-state index contributed by atoms with van der Waals surface area (Å²) in [6, 6.07) is 1.36. The van der Waals surface area contributed by atoms with Crippen LogP contribution in [-0.2, 0) is 11.2 Å². The SMILES string of the molecule is COc1c(CC(N)C(=O)O)ccc(O)c1F. The Hall–Kier alpha value is -1.82. The van der Waals surface area contributed by atoms with Crippen molar-refractivity contribution in [2.24, 2.45) is 5.73 Å². The molecular formula is C10H12FNO4. The zero-order valence-electron chi connectivity index (χ0n) is 8.61. The fourth-order valence-corrected chi connectivity index (χ4v) is 1.29. The van der Waals surface area contributed by atoms with Crippen molar-refractivity contribution in [3.05, 3.63) is 23.5 Å². The molecule has 0 bridgehead atoms. The number of carboxylic acid groups (broad SMARTS) is 1. The molecule has 0 aromatic heterocycles.